The van der Waals surface area contributed by atoms with Crippen molar-refractivity contribution in [1.29, 1.82) is 0 Å². The minimum atomic E-state index is 0.836. The number of allylic oxidation sites excluding steroid dienone is 2. The fourth-order valence-corrected chi connectivity index (χ4v) is 0.797. The van der Waals surface area contributed by atoms with E-state index in [1.165, 1.54) is 0 Å². The number of rotatable bonds is 1. The lowest BCUT2D eigenvalue weighted by Crippen LogP contribution is -2.01. The molecule has 0 atom stereocenters. The topological polar surface area (TPSA) is 35.2 Å². The summed E-state index contributed by atoms with van der Waals surface area (Å²) in [6.45, 7) is 0. The third-order valence-electron chi connectivity index (χ3n) is 1.39. The van der Waals surface area contributed by atoms with Crippen molar-refractivity contribution in [3.8, 4) is 0 Å². The number of ether oxygens (including phenoxy) is 1. The minimum absolute atomic E-state index is 0.836. The van der Waals surface area contributed by atoms with Crippen LogP contribution in [-0.4, -0.2) is 7.11 Å². The van der Waals surface area contributed by atoms with Gasteiger partial charge in [-0.3, -0.25) is 0 Å². The first kappa shape index (κ1) is 6.20. The van der Waals surface area contributed by atoms with Crippen LogP contribution >= 0.6 is 0 Å². The SMILES string of the molecule is COC1=CCC(N)=CC1. The molecule has 0 radical (unpaired) electrons. The van der Waals surface area contributed by atoms with Crippen LogP contribution in [0.25, 0.3) is 0 Å². The van der Waals surface area contributed by atoms with Gasteiger partial charge in [-0.15, -0.1) is 0 Å². The summed E-state index contributed by atoms with van der Waals surface area (Å²) >= 11 is 0. The van der Waals surface area contributed by atoms with Gasteiger partial charge < -0.3 is 10.5 Å². The second-order valence-electron chi connectivity index (χ2n) is 2.06. The fraction of sp³-hybridized carbons (Fsp3) is 0.429. The predicted molar refractivity (Wildman–Crippen MR) is 36.6 cm³/mol. The minimum Gasteiger partial charge on any atom is -0.501 e. The Morgan fingerprint density at radius 1 is 1.44 bits per heavy atom. The average molecular weight is 125 g/mol. The summed E-state index contributed by atoms with van der Waals surface area (Å²) in [5, 5.41) is 0. The van der Waals surface area contributed by atoms with E-state index in [4.69, 9.17) is 10.5 Å². The van der Waals surface area contributed by atoms with E-state index in [2.05, 4.69) is 0 Å². The summed E-state index contributed by atoms with van der Waals surface area (Å²) in [6.07, 6.45) is 5.68. The van der Waals surface area contributed by atoms with E-state index < -0.39 is 0 Å². The Kier molecular flexibility index (Phi) is 1.78. The van der Waals surface area contributed by atoms with Crippen LogP contribution in [0.4, 0.5) is 0 Å². The second-order valence-corrected chi connectivity index (χ2v) is 2.06. The molecule has 0 unspecified atom stereocenters. The maximum absolute atomic E-state index is 5.51. The molecule has 0 amide bonds. The molecular weight excluding hydrogens is 114 g/mol. The van der Waals surface area contributed by atoms with Crippen molar-refractivity contribution in [2.45, 2.75) is 12.8 Å². The van der Waals surface area contributed by atoms with Gasteiger partial charge in [0.15, 0.2) is 0 Å². The Bertz CT molecular complexity index is 158. The summed E-state index contributed by atoms with van der Waals surface area (Å²) in [5.41, 5.74) is 6.45. The normalized spacial score (nSPS) is 18.3. The second kappa shape index (κ2) is 2.58. The van der Waals surface area contributed by atoms with Gasteiger partial charge in [0, 0.05) is 18.5 Å². The predicted octanol–water partition coefficient (Wildman–Crippen LogP) is 1.15. The number of hydrogen-bond acceptors (Lipinski definition) is 2. The van der Waals surface area contributed by atoms with E-state index in [9.17, 15) is 0 Å². The molecule has 0 fully saturated rings. The highest BCUT2D eigenvalue weighted by molar-refractivity contribution is 5.15. The highest BCUT2D eigenvalue weighted by atomic mass is 16.5. The zero-order valence-corrected chi connectivity index (χ0v) is 5.55. The highest BCUT2D eigenvalue weighted by Gasteiger charge is 2.00. The molecule has 0 saturated carbocycles. The highest BCUT2D eigenvalue weighted by Crippen LogP contribution is 2.13. The maximum Gasteiger partial charge on any atom is 0.0957 e. The van der Waals surface area contributed by atoms with Crippen LogP contribution in [0.1, 0.15) is 12.8 Å². The zero-order valence-electron chi connectivity index (χ0n) is 5.55. The van der Waals surface area contributed by atoms with Crippen LogP contribution in [0.5, 0.6) is 0 Å². The lowest BCUT2D eigenvalue weighted by atomic mass is 10.1. The molecule has 9 heavy (non-hydrogen) atoms. The molecule has 0 aromatic heterocycles. The van der Waals surface area contributed by atoms with Gasteiger partial charge >= 0.3 is 0 Å². The summed E-state index contributed by atoms with van der Waals surface area (Å²) in [5.74, 6) is 1.02. The van der Waals surface area contributed by atoms with Gasteiger partial charge in [0.2, 0.25) is 0 Å². The average Bonchev–Trinajstić information content (AvgIpc) is 1.90. The number of hydrogen-bond donors (Lipinski definition) is 1. The van der Waals surface area contributed by atoms with Gasteiger partial charge in [0.25, 0.3) is 0 Å². The molecule has 0 aliphatic heterocycles. The Morgan fingerprint density at radius 3 is 2.67 bits per heavy atom. The molecule has 2 nitrogen and oxygen atoms in total. The molecule has 0 spiro atoms. The summed E-state index contributed by atoms with van der Waals surface area (Å²) in [7, 11) is 1.68. The Morgan fingerprint density at radius 2 is 2.22 bits per heavy atom. The standard InChI is InChI=1S/C7H11NO/c1-9-7-4-2-6(8)3-5-7/h2,5H,3-4,8H2,1H3. The van der Waals surface area contributed by atoms with Gasteiger partial charge in [0.1, 0.15) is 0 Å². The lowest BCUT2D eigenvalue weighted by molar-refractivity contribution is 0.282. The quantitative estimate of drug-likeness (QED) is 0.570. The first-order valence-electron chi connectivity index (χ1n) is 3.00. The Balaban J connectivity index is 2.48. The van der Waals surface area contributed by atoms with E-state index in [0.29, 0.717) is 0 Å². The molecule has 50 valence electrons. The van der Waals surface area contributed by atoms with Crippen LogP contribution in [0.2, 0.25) is 0 Å². The van der Waals surface area contributed by atoms with Gasteiger partial charge in [-0.2, -0.15) is 0 Å². The number of methoxy groups -OCH3 is 1. The molecule has 0 aromatic carbocycles. The smallest absolute Gasteiger partial charge is 0.0957 e. The van der Waals surface area contributed by atoms with Crippen molar-refractivity contribution in [3.63, 3.8) is 0 Å². The van der Waals surface area contributed by atoms with E-state index in [0.717, 1.165) is 24.3 Å². The Labute approximate surface area is 55.0 Å². The van der Waals surface area contributed by atoms with E-state index >= 15 is 0 Å². The van der Waals surface area contributed by atoms with E-state index in [-0.39, 0.29) is 0 Å². The van der Waals surface area contributed by atoms with Crippen molar-refractivity contribution in [2.75, 3.05) is 7.11 Å². The van der Waals surface area contributed by atoms with Crippen molar-refractivity contribution in [3.05, 3.63) is 23.6 Å². The van der Waals surface area contributed by atoms with Crippen LogP contribution in [0.3, 0.4) is 0 Å². The third-order valence-corrected chi connectivity index (χ3v) is 1.39. The van der Waals surface area contributed by atoms with Crippen molar-refractivity contribution >= 4 is 0 Å². The van der Waals surface area contributed by atoms with Crippen LogP contribution in [0, 0.1) is 0 Å². The number of nitrogens with two attached hydrogens (primary N) is 1. The third kappa shape index (κ3) is 1.49. The van der Waals surface area contributed by atoms with Gasteiger partial charge in [-0.25, -0.2) is 0 Å². The molecule has 1 aliphatic rings. The van der Waals surface area contributed by atoms with Crippen molar-refractivity contribution < 1.29 is 4.74 Å². The van der Waals surface area contributed by atoms with Crippen LogP contribution in [0.15, 0.2) is 23.6 Å². The maximum atomic E-state index is 5.51. The monoisotopic (exact) mass is 125 g/mol. The van der Waals surface area contributed by atoms with Gasteiger partial charge in [-0.1, -0.05) is 6.08 Å². The van der Waals surface area contributed by atoms with Gasteiger partial charge in [0.05, 0.1) is 12.9 Å². The summed E-state index contributed by atoms with van der Waals surface area (Å²) < 4.78 is 5.00. The van der Waals surface area contributed by atoms with E-state index in [1.54, 1.807) is 7.11 Å². The van der Waals surface area contributed by atoms with Crippen LogP contribution in [-0.2, 0) is 4.74 Å². The molecule has 1 rings (SSSR count). The molecule has 0 bridgehead atoms. The fourth-order valence-electron chi connectivity index (χ4n) is 0.797. The molecule has 2 heteroatoms. The zero-order chi connectivity index (χ0) is 6.69. The van der Waals surface area contributed by atoms with Gasteiger partial charge in [-0.05, 0) is 6.08 Å². The van der Waals surface area contributed by atoms with Crippen molar-refractivity contribution in [2.24, 2.45) is 5.73 Å². The summed E-state index contributed by atoms with van der Waals surface area (Å²) in [4.78, 5) is 0. The molecule has 0 aromatic rings. The summed E-state index contributed by atoms with van der Waals surface area (Å²) in [6, 6.07) is 0. The van der Waals surface area contributed by atoms with Crippen LogP contribution < -0.4 is 5.73 Å². The van der Waals surface area contributed by atoms with E-state index in [1.807, 2.05) is 12.2 Å². The molecule has 2 N–H and O–H groups in total. The molecule has 0 heterocycles. The molecule has 0 saturated heterocycles. The van der Waals surface area contributed by atoms with Crippen molar-refractivity contribution in [1.82, 2.24) is 0 Å². The first-order chi connectivity index (χ1) is 4.33. The Hall–Kier alpha value is -0.920. The lowest BCUT2D eigenvalue weighted by Gasteiger charge is -2.08. The molecule has 1 aliphatic carbocycles. The first-order valence-corrected chi connectivity index (χ1v) is 3.00. The molecular formula is C7H11NO. The largest absolute Gasteiger partial charge is 0.501 e.